The van der Waals surface area contributed by atoms with E-state index < -0.39 is 5.69 Å². The largest absolute Gasteiger partial charge is 0.471 e. The summed E-state index contributed by atoms with van der Waals surface area (Å²) in [6, 6.07) is 5.14. The molecule has 1 aliphatic rings. The third-order valence-corrected chi connectivity index (χ3v) is 3.11. The molecule has 8 heteroatoms. The minimum atomic E-state index is -0.413. The van der Waals surface area contributed by atoms with Crippen LogP contribution in [0.2, 0.25) is 0 Å². The third kappa shape index (κ3) is 2.62. The van der Waals surface area contributed by atoms with Crippen molar-refractivity contribution in [3.05, 3.63) is 46.3 Å². The predicted molar refractivity (Wildman–Crippen MR) is 70.7 cm³/mol. The zero-order valence-corrected chi connectivity index (χ0v) is 10.9. The molecular weight excluding hydrogens is 274 g/mol. The number of nitrogens with one attached hydrogen (secondary N) is 2. The van der Waals surface area contributed by atoms with Crippen molar-refractivity contribution in [2.75, 3.05) is 13.1 Å². The highest BCUT2D eigenvalue weighted by atomic mass is 16.5. The maximum atomic E-state index is 12.0. The number of hydrogen-bond donors (Lipinski definition) is 2. The van der Waals surface area contributed by atoms with Crippen LogP contribution in [0.5, 0.6) is 5.88 Å². The Morgan fingerprint density at radius 1 is 1.52 bits per heavy atom. The number of rotatable bonds is 3. The Labute approximate surface area is 119 Å². The second kappa shape index (κ2) is 5.13. The first-order chi connectivity index (χ1) is 10.2. The van der Waals surface area contributed by atoms with E-state index in [4.69, 9.17) is 10.00 Å². The topological polar surface area (TPSA) is 115 Å². The smallest absolute Gasteiger partial charge is 0.323 e. The minimum Gasteiger partial charge on any atom is -0.471 e. The van der Waals surface area contributed by atoms with Gasteiger partial charge in [0.15, 0.2) is 0 Å². The van der Waals surface area contributed by atoms with Crippen molar-refractivity contribution in [2.45, 2.75) is 6.10 Å². The number of amides is 1. The van der Waals surface area contributed by atoms with Gasteiger partial charge in [-0.2, -0.15) is 5.26 Å². The molecule has 2 aromatic heterocycles. The summed E-state index contributed by atoms with van der Waals surface area (Å²) in [5, 5.41) is 8.79. The molecule has 21 heavy (non-hydrogen) atoms. The molecule has 8 nitrogen and oxygen atoms in total. The van der Waals surface area contributed by atoms with E-state index in [1.807, 2.05) is 6.07 Å². The van der Waals surface area contributed by atoms with Gasteiger partial charge in [-0.15, -0.1) is 0 Å². The Hall–Kier alpha value is -3.08. The van der Waals surface area contributed by atoms with E-state index in [9.17, 15) is 9.59 Å². The molecular formula is C13H11N5O3. The van der Waals surface area contributed by atoms with Gasteiger partial charge in [0, 0.05) is 18.5 Å². The molecule has 0 aromatic carbocycles. The van der Waals surface area contributed by atoms with Crippen LogP contribution in [0.25, 0.3) is 0 Å². The van der Waals surface area contributed by atoms with Gasteiger partial charge in [-0.25, -0.2) is 9.78 Å². The summed E-state index contributed by atoms with van der Waals surface area (Å²) >= 11 is 0. The zero-order valence-electron chi connectivity index (χ0n) is 10.9. The monoisotopic (exact) mass is 285 g/mol. The first-order valence-corrected chi connectivity index (χ1v) is 6.25. The van der Waals surface area contributed by atoms with Crippen LogP contribution in [0.15, 0.2) is 29.3 Å². The van der Waals surface area contributed by atoms with E-state index >= 15 is 0 Å². The molecule has 3 heterocycles. The number of nitriles is 1. The number of carbonyl (C=O) groups is 1. The van der Waals surface area contributed by atoms with Crippen molar-refractivity contribution in [3.63, 3.8) is 0 Å². The summed E-state index contributed by atoms with van der Waals surface area (Å²) in [7, 11) is 0. The van der Waals surface area contributed by atoms with Gasteiger partial charge in [-0.1, -0.05) is 0 Å². The summed E-state index contributed by atoms with van der Waals surface area (Å²) in [4.78, 5) is 33.3. The molecule has 1 aliphatic heterocycles. The molecule has 1 fully saturated rings. The van der Waals surface area contributed by atoms with Crippen LogP contribution < -0.4 is 10.4 Å². The zero-order chi connectivity index (χ0) is 14.8. The van der Waals surface area contributed by atoms with E-state index in [1.165, 1.54) is 12.4 Å². The van der Waals surface area contributed by atoms with E-state index in [0.717, 1.165) is 0 Å². The van der Waals surface area contributed by atoms with Crippen molar-refractivity contribution in [1.29, 1.82) is 5.26 Å². The second-order valence-electron chi connectivity index (χ2n) is 4.60. The van der Waals surface area contributed by atoms with Crippen molar-refractivity contribution in [1.82, 2.24) is 19.9 Å². The lowest BCUT2D eigenvalue weighted by Crippen LogP contribution is -2.56. The fraction of sp³-hybridized carbons (Fsp3) is 0.231. The number of H-pyrrole nitrogens is 2. The maximum absolute atomic E-state index is 12.0. The number of hydrogen-bond acceptors (Lipinski definition) is 5. The average Bonchev–Trinajstić information content (AvgIpc) is 2.88. The van der Waals surface area contributed by atoms with Crippen molar-refractivity contribution < 1.29 is 9.53 Å². The van der Waals surface area contributed by atoms with Crippen molar-refractivity contribution >= 4 is 5.91 Å². The average molecular weight is 285 g/mol. The van der Waals surface area contributed by atoms with Gasteiger partial charge in [-0.05, 0) is 6.07 Å². The van der Waals surface area contributed by atoms with Gasteiger partial charge < -0.3 is 19.6 Å². The quantitative estimate of drug-likeness (QED) is 0.815. The molecule has 0 saturated carbocycles. The summed E-state index contributed by atoms with van der Waals surface area (Å²) < 4.78 is 5.58. The lowest BCUT2D eigenvalue weighted by molar-refractivity contribution is 0.0156. The SMILES string of the molecule is N#Cc1ccnc(OC2CN(C(=O)c3c[nH]c(=O)[nH]3)C2)c1. The van der Waals surface area contributed by atoms with E-state index in [-0.39, 0.29) is 17.7 Å². The molecule has 0 aliphatic carbocycles. The third-order valence-electron chi connectivity index (χ3n) is 3.11. The van der Waals surface area contributed by atoms with E-state index in [0.29, 0.717) is 24.5 Å². The van der Waals surface area contributed by atoms with Gasteiger partial charge in [0.05, 0.1) is 24.7 Å². The summed E-state index contributed by atoms with van der Waals surface area (Å²) in [5.41, 5.74) is 0.282. The fourth-order valence-electron chi connectivity index (χ4n) is 2.01. The lowest BCUT2D eigenvalue weighted by atomic mass is 10.1. The summed E-state index contributed by atoms with van der Waals surface area (Å²) in [6.07, 6.45) is 2.68. The molecule has 2 aromatic rings. The Bertz CT molecular complexity index is 766. The highest BCUT2D eigenvalue weighted by molar-refractivity contribution is 5.92. The standard InChI is InChI=1S/C13H11N5O3/c14-4-8-1-2-15-11(3-8)21-9-6-18(7-9)12(19)10-5-16-13(20)17-10/h1-3,5,9H,6-7H2,(H2,16,17,20). The summed E-state index contributed by atoms with van der Waals surface area (Å²) in [5.74, 6) is 0.105. The van der Waals surface area contributed by atoms with Crippen LogP contribution in [-0.2, 0) is 0 Å². The number of aromatic amines is 2. The molecule has 106 valence electrons. The van der Waals surface area contributed by atoms with Gasteiger partial charge in [0.2, 0.25) is 5.88 Å². The Balaban J connectivity index is 1.57. The van der Waals surface area contributed by atoms with Crippen LogP contribution >= 0.6 is 0 Å². The molecule has 1 saturated heterocycles. The molecule has 1 amide bonds. The molecule has 0 atom stereocenters. The lowest BCUT2D eigenvalue weighted by Gasteiger charge is -2.38. The number of likely N-dealkylation sites (tertiary alicyclic amines) is 1. The van der Waals surface area contributed by atoms with E-state index in [1.54, 1.807) is 17.0 Å². The fourth-order valence-corrected chi connectivity index (χ4v) is 2.01. The molecule has 0 unspecified atom stereocenters. The number of nitrogens with zero attached hydrogens (tertiary/aromatic N) is 3. The van der Waals surface area contributed by atoms with Crippen LogP contribution in [-0.4, -0.2) is 45.0 Å². The normalized spacial score (nSPS) is 14.3. The Morgan fingerprint density at radius 3 is 3.00 bits per heavy atom. The van der Waals surface area contributed by atoms with Gasteiger partial charge in [0.1, 0.15) is 11.8 Å². The van der Waals surface area contributed by atoms with Gasteiger partial charge >= 0.3 is 5.69 Å². The number of carbonyl (C=O) groups excluding carboxylic acids is 1. The Kier molecular flexibility index (Phi) is 3.16. The van der Waals surface area contributed by atoms with Gasteiger partial charge in [-0.3, -0.25) is 4.79 Å². The number of ether oxygens (including phenoxy) is 1. The number of aromatic nitrogens is 3. The van der Waals surface area contributed by atoms with Crippen LogP contribution in [0.3, 0.4) is 0 Å². The minimum absolute atomic E-state index is 0.166. The number of imidazole rings is 1. The van der Waals surface area contributed by atoms with Crippen LogP contribution in [0, 0.1) is 11.3 Å². The maximum Gasteiger partial charge on any atom is 0.323 e. The first-order valence-electron chi connectivity index (χ1n) is 6.25. The van der Waals surface area contributed by atoms with Crippen molar-refractivity contribution in [3.8, 4) is 11.9 Å². The summed E-state index contributed by atoms with van der Waals surface area (Å²) in [6.45, 7) is 0.814. The molecule has 2 N–H and O–H groups in total. The second-order valence-corrected chi connectivity index (χ2v) is 4.60. The molecule has 0 bridgehead atoms. The van der Waals surface area contributed by atoms with Crippen molar-refractivity contribution in [2.24, 2.45) is 0 Å². The Morgan fingerprint density at radius 2 is 2.33 bits per heavy atom. The van der Waals surface area contributed by atoms with Crippen LogP contribution in [0.4, 0.5) is 0 Å². The number of pyridine rings is 1. The highest BCUT2D eigenvalue weighted by Crippen LogP contribution is 2.18. The van der Waals surface area contributed by atoms with Crippen LogP contribution in [0.1, 0.15) is 16.1 Å². The molecule has 0 radical (unpaired) electrons. The highest BCUT2D eigenvalue weighted by Gasteiger charge is 2.33. The molecule has 3 rings (SSSR count). The first kappa shape index (κ1) is 12.9. The van der Waals surface area contributed by atoms with Gasteiger partial charge in [0.25, 0.3) is 5.91 Å². The molecule has 0 spiro atoms. The predicted octanol–water partition coefficient (Wildman–Crippen LogP) is -0.127. The van der Waals surface area contributed by atoms with E-state index in [2.05, 4.69) is 15.0 Å².